The Morgan fingerprint density at radius 1 is 1.12 bits per heavy atom. The maximum Gasteiger partial charge on any atom is 0.332 e. The van der Waals surface area contributed by atoms with E-state index >= 15 is 0 Å². The van der Waals surface area contributed by atoms with Crippen molar-refractivity contribution in [2.75, 3.05) is 31.6 Å². The van der Waals surface area contributed by atoms with Gasteiger partial charge in [-0.25, -0.2) is 22.3 Å². The first-order valence-electron chi connectivity index (χ1n) is 9.25. The highest BCUT2D eigenvalue weighted by molar-refractivity contribution is 7.90. The molecule has 2 aliphatic carbocycles. The Bertz CT molecular complexity index is 802. The number of sulfonamides is 1. The molecule has 0 radical (unpaired) electrons. The molecule has 0 unspecified atom stereocenters. The number of halogens is 1. The average molecular weight is 381 g/mol. The van der Waals surface area contributed by atoms with Gasteiger partial charge < -0.3 is 5.32 Å². The summed E-state index contributed by atoms with van der Waals surface area (Å²) >= 11 is 0. The number of amides is 2. The van der Waals surface area contributed by atoms with Crippen molar-refractivity contribution in [1.29, 1.82) is 0 Å². The second kappa shape index (κ2) is 6.81. The summed E-state index contributed by atoms with van der Waals surface area (Å²) in [5, 5.41) is 2.18. The van der Waals surface area contributed by atoms with Crippen LogP contribution in [0.1, 0.15) is 35.1 Å². The number of nitrogens with one attached hydrogen (secondary N) is 2. The first-order valence-corrected chi connectivity index (χ1v) is 10.8. The van der Waals surface area contributed by atoms with E-state index in [0.29, 0.717) is 0 Å². The lowest BCUT2D eigenvalue weighted by Gasteiger charge is -2.37. The number of carbonyl (C=O) groups is 1. The molecule has 1 heterocycles. The van der Waals surface area contributed by atoms with Gasteiger partial charge in [0.25, 0.3) is 0 Å². The van der Waals surface area contributed by atoms with Crippen molar-refractivity contribution in [1.82, 2.24) is 9.62 Å². The van der Waals surface area contributed by atoms with Crippen LogP contribution >= 0.6 is 0 Å². The molecule has 2 N–H and O–H groups in total. The number of hydrogen-bond donors (Lipinski definition) is 2. The van der Waals surface area contributed by atoms with E-state index < -0.39 is 28.0 Å². The van der Waals surface area contributed by atoms with Gasteiger partial charge in [0.2, 0.25) is 10.0 Å². The number of fused-ring (bicyclic) bond motifs is 2. The van der Waals surface area contributed by atoms with Crippen LogP contribution in [0.15, 0.2) is 6.07 Å². The minimum absolute atomic E-state index is 0.237. The largest absolute Gasteiger partial charge is 0.332 e. The molecule has 1 aliphatic heterocycles. The highest BCUT2D eigenvalue weighted by Gasteiger charge is 2.38. The molecule has 142 valence electrons. The Labute approximate surface area is 153 Å². The maximum absolute atomic E-state index is 12.4. The second-order valence-corrected chi connectivity index (χ2v) is 9.37. The summed E-state index contributed by atoms with van der Waals surface area (Å²) in [5.74, 6) is 0. The van der Waals surface area contributed by atoms with Crippen LogP contribution in [-0.2, 0) is 35.7 Å². The first-order chi connectivity index (χ1) is 12.5. The summed E-state index contributed by atoms with van der Waals surface area (Å²) in [6.45, 7) is 0.275. The maximum atomic E-state index is 12.4. The Morgan fingerprint density at radius 2 is 1.73 bits per heavy atom. The predicted molar refractivity (Wildman–Crippen MR) is 97.8 cm³/mol. The normalized spacial score (nSPS) is 19.7. The van der Waals surface area contributed by atoms with Gasteiger partial charge in [-0.15, -0.1) is 0 Å². The monoisotopic (exact) mass is 381 g/mol. The van der Waals surface area contributed by atoms with Crippen molar-refractivity contribution in [2.45, 2.75) is 43.8 Å². The van der Waals surface area contributed by atoms with Crippen LogP contribution in [0.4, 0.5) is 14.9 Å². The molecule has 6 nitrogen and oxygen atoms in total. The van der Waals surface area contributed by atoms with Crippen molar-refractivity contribution in [3.05, 3.63) is 28.3 Å². The number of likely N-dealkylation sites (tertiary alicyclic amines) is 1. The molecule has 26 heavy (non-hydrogen) atoms. The van der Waals surface area contributed by atoms with Gasteiger partial charge in [-0.05, 0) is 60.8 Å². The highest BCUT2D eigenvalue weighted by atomic mass is 32.2. The minimum Gasteiger partial charge on any atom is -0.307 e. The summed E-state index contributed by atoms with van der Waals surface area (Å²) in [5.41, 5.74) is 5.72. The Balaban J connectivity index is 1.46. The number of nitrogens with zero attached hydrogens (tertiary/aromatic N) is 1. The minimum atomic E-state index is -3.75. The Morgan fingerprint density at radius 3 is 2.31 bits per heavy atom. The molecule has 0 spiro atoms. The highest BCUT2D eigenvalue weighted by Crippen LogP contribution is 2.38. The first kappa shape index (κ1) is 17.7. The number of aryl methyl sites for hydroxylation is 2. The molecule has 8 heteroatoms. The number of hydrogen-bond acceptors (Lipinski definition) is 4. The lowest BCUT2D eigenvalue weighted by Crippen LogP contribution is -2.58. The lowest BCUT2D eigenvalue weighted by molar-refractivity contribution is 0.170. The molecule has 0 saturated carbocycles. The SMILES string of the molecule is O=C(Nc1c2c(cc3c1CCC3)CCC2)NS(=O)(=O)C1CN(CCF)C1. The van der Waals surface area contributed by atoms with E-state index in [9.17, 15) is 17.6 Å². The molecule has 3 aliphatic rings. The summed E-state index contributed by atoms with van der Waals surface area (Å²) in [6.07, 6.45) is 6.02. The van der Waals surface area contributed by atoms with Gasteiger partial charge >= 0.3 is 6.03 Å². The number of urea groups is 1. The number of anilines is 1. The average Bonchev–Trinajstić information content (AvgIpc) is 3.18. The standard InChI is InChI=1S/C18H24FN3O3S/c19-7-8-22-10-14(11-22)26(24,25)21-18(23)20-17-15-5-1-3-12(15)9-13-4-2-6-16(13)17/h9,14H,1-8,10-11H2,(H2,20,21,23). The van der Waals surface area contributed by atoms with Crippen LogP contribution < -0.4 is 10.0 Å². The second-order valence-electron chi connectivity index (χ2n) is 7.41. The molecular weight excluding hydrogens is 357 g/mol. The number of rotatable bonds is 5. The quantitative estimate of drug-likeness (QED) is 0.815. The zero-order valence-corrected chi connectivity index (χ0v) is 15.5. The van der Waals surface area contributed by atoms with E-state index in [1.165, 1.54) is 11.1 Å². The molecule has 1 saturated heterocycles. The van der Waals surface area contributed by atoms with E-state index in [-0.39, 0.29) is 19.6 Å². The molecule has 1 aromatic rings. The number of alkyl halides is 1. The van der Waals surface area contributed by atoms with Crippen LogP contribution in [-0.4, -0.2) is 50.9 Å². The van der Waals surface area contributed by atoms with Crippen molar-refractivity contribution >= 4 is 21.7 Å². The van der Waals surface area contributed by atoms with E-state index in [2.05, 4.69) is 16.1 Å². The summed E-state index contributed by atoms with van der Waals surface area (Å²) < 4.78 is 39.1. The zero-order chi connectivity index (χ0) is 18.3. The summed E-state index contributed by atoms with van der Waals surface area (Å²) in [6, 6.07) is 1.57. The van der Waals surface area contributed by atoms with E-state index in [4.69, 9.17) is 0 Å². The van der Waals surface area contributed by atoms with E-state index in [0.717, 1.165) is 55.3 Å². The van der Waals surface area contributed by atoms with Gasteiger partial charge in [0.05, 0.1) is 0 Å². The Hall–Kier alpha value is -1.67. The lowest BCUT2D eigenvalue weighted by atomic mass is 9.99. The third kappa shape index (κ3) is 3.20. The topological polar surface area (TPSA) is 78.5 Å². The van der Waals surface area contributed by atoms with Gasteiger partial charge in [-0.3, -0.25) is 4.90 Å². The third-order valence-corrected chi connectivity index (χ3v) is 7.36. The van der Waals surface area contributed by atoms with E-state index in [1.807, 2.05) is 0 Å². The third-order valence-electron chi connectivity index (χ3n) is 5.71. The van der Waals surface area contributed by atoms with Gasteiger partial charge in [0.1, 0.15) is 11.9 Å². The van der Waals surface area contributed by atoms with Gasteiger partial charge in [0, 0.05) is 25.3 Å². The van der Waals surface area contributed by atoms with Crippen molar-refractivity contribution in [3.8, 4) is 0 Å². The Kier molecular flexibility index (Phi) is 4.64. The van der Waals surface area contributed by atoms with E-state index in [1.54, 1.807) is 4.90 Å². The van der Waals surface area contributed by atoms with Gasteiger partial charge in [0.15, 0.2) is 0 Å². The fourth-order valence-corrected chi connectivity index (χ4v) is 5.63. The molecule has 0 atom stereocenters. The molecule has 0 bridgehead atoms. The predicted octanol–water partition coefficient (Wildman–Crippen LogP) is 1.77. The van der Waals surface area contributed by atoms with Crippen molar-refractivity contribution in [2.24, 2.45) is 0 Å². The molecular formula is C18H24FN3O3S. The van der Waals surface area contributed by atoms with Crippen LogP contribution in [0, 0.1) is 0 Å². The van der Waals surface area contributed by atoms with Crippen molar-refractivity contribution < 1.29 is 17.6 Å². The molecule has 2 amide bonds. The summed E-state index contributed by atoms with van der Waals surface area (Å²) in [4.78, 5) is 14.1. The van der Waals surface area contributed by atoms with Gasteiger partial charge in [-0.2, -0.15) is 0 Å². The summed E-state index contributed by atoms with van der Waals surface area (Å²) in [7, 11) is -3.75. The fourth-order valence-electron chi connectivity index (χ4n) is 4.34. The van der Waals surface area contributed by atoms with Crippen LogP contribution in [0.3, 0.4) is 0 Å². The van der Waals surface area contributed by atoms with Crippen LogP contribution in [0.5, 0.6) is 0 Å². The van der Waals surface area contributed by atoms with Crippen molar-refractivity contribution in [3.63, 3.8) is 0 Å². The molecule has 1 aromatic carbocycles. The molecule has 0 aromatic heterocycles. The molecule has 4 rings (SSSR count). The van der Waals surface area contributed by atoms with Crippen LogP contribution in [0.2, 0.25) is 0 Å². The van der Waals surface area contributed by atoms with Crippen LogP contribution in [0.25, 0.3) is 0 Å². The fraction of sp³-hybridized carbons (Fsp3) is 0.611. The smallest absolute Gasteiger partial charge is 0.307 e. The zero-order valence-electron chi connectivity index (χ0n) is 14.7. The number of carbonyl (C=O) groups excluding carboxylic acids is 1. The molecule has 1 fully saturated rings. The van der Waals surface area contributed by atoms with Gasteiger partial charge in [-0.1, -0.05) is 6.07 Å². The number of benzene rings is 1.